The van der Waals surface area contributed by atoms with Gasteiger partial charge in [-0.05, 0) is 18.8 Å². The van der Waals surface area contributed by atoms with Crippen LogP contribution in [0.4, 0.5) is 18.0 Å². The molecule has 0 aromatic carbocycles. The normalized spacial score (nSPS) is 21.6. The number of urea groups is 1. The van der Waals surface area contributed by atoms with E-state index in [1.165, 1.54) is 4.90 Å². The van der Waals surface area contributed by atoms with E-state index in [0.29, 0.717) is 25.3 Å². The van der Waals surface area contributed by atoms with Gasteiger partial charge in [0.15, 0.2) is 0 Å². The molecule has 3 N–H and O–H groups in total. The van der Waals surface area contributed by atoms with E-state index in [9.17, 15) is 23.1 Å². The first-order chi connectivity index (χ1) is 9.65. The summed E-state index contributed by atoms with van der Waals surface area (Å²) in [5, 5.41) is 14.8. The molecule has 0 spiro atoms. The summed E-state index contributed by atoms with van der Waals surface area (Å²) in [4.78, 5) is 12.9. The van der Waals surface area contributed by atoms with Gasteiger partial charge in [0.2, 0.25) is 0 Å². The summed E-state index contributed by atoms with van der Waals surface area (Å²) >= 11 is 0. The minimum Gasteiger partial charge on any atom is -0.391 e. The van der Waals surface area contributed by atoms with Crippen LogP contribution in [0.15, 0.2) is 0 Å². The highest BCUT2D eigenvalue weighted by Crippen LogP contribution is 2.19. The molecule has 1 saturated heterocycles. The third-order valence-corrected chi connectivity index (χ3v) is 3.25. The highest BCUT2D eigenvalue weighted by molar-refractivity contribution is 5.74. The van der Waals surface area contributed by atoms with E-state index in [2.05, 4.69) is 10.6 Å². The molecule has 1 heterocycles. The number of halogens is 3. The second kappa shape index (κ2) is 7.84. The minimum atomic E-state index is -4.21. The summed E-state index contributed by atoms with van der Waals surface area (Å²) in [7, 11) is 0. The van der Waals surface area contributed by atoms with Gasteiger partial charge in [-0.2, -0.15) is 13.2 Å². The smallest absolute Gasteiger partial charge is 0.391 e. The van der Waals surface area contributed by atoms with Crippen LogP contribution in [0, 0.1) is 5.92 Å². The van der Waals surface area contributed by atoms with Crippen molar-refractivity contribution in [2.75, 3.05) is 26.2 Å². The third-order valence-electron chi connectivity index (χ3n) is 3.25. The van der Waals surface area contributed by atoms with Crippen LogP contribution in [0.3, 0.4) is 0 Å². The van der Waals surface area contributed by atoms with Gasteiger partial charge in [-0.1, -0.05) is 13.8 Å². The Bertz CT molecular complexity index is 337. The number of carbonyl (C=O) groups excluding carboxylic acids is 1. The fourth-order valence-electron chi connectivity index (χ4n) is 2.42. The Morgan fingerprint density at radius 3 is 2.67 bits per heavy atom. The minimum absolute atomic E-state index is 0.142. The van der Waals surface area contributed by atoms with Crippen LogP contribution < -0.4 is 10.6 Å². The Balaban J connectivity index is 2.21. The van der Waals surface area contributed by atoms with Crippen molar-refractivity contribution < 1.29 is 23.1 Å². The Kier molecular flexibility index (Phi) is 6.73. The number of nitrogens with one attached hydrogen (secondary N) is 2. The summed E-state index contributed by atoms with van der Waals surface area (Å²) in [6.45, 7) is 3.65. The van der Waals surface area contributed by atoms with E-state index >= 15 is 0 Å². The monoisotopic (exact) mass is 311 g/mol. The Labute approximate surface area is 122 Å². The maximum absolute atomic E-state index is 12.2. The molecule has 0 radical (unpaired) electrons. The van der Waals surface area contributed by atoms with Crippen LogP contribution in [-0.4, -0.2) is 60.5 Å². The second-order valence-electron chi connectivity index (χ2n) is 5.97. The maximum atomic E-state index is 12.2. The van der Waals surface area contributed by atoms with Crippen molar-refractivity contribution in [2.45, 2.75) is 45.0 Å². The fraction of sp³-hybridized carbons (Fsp3) is 0.923. The number of hydrogen-bond donors (Lipinski definition) is 3. The molecule has 0 bridgehead atoms. The molecule has 1 aliphatic rings. The molecular formula is C13H24F3N3O2. The molecule has 0 saturated carbocycles. The molecule has 5 nitrogen and oxygen atoms in total. The van der Waals surface area contributed by atoms with Gasteiger partial charge in [0, 0.05) is 25.7 Å². The lowest BCUT2D eigenvalue weighted by Gasteiger charge is -2.19. The SMILES string of the molecule is CC(C)CC(O)CNC(=O)NC1CCN(CC(F)(F)F)C1. The molecule has 2 amide bonds. The molecule has 0 aliphatic carbocycles. The van der Waals surface area contributed by atoms with Gasteiger partial charge >= 0.3 is 12.2 Å². The number of hydrogen-bond acceptors (Lipinski definition) is 3. The zero-order valence-electron chi connectivity index (χ0n) is 12.4. The first kappa shape index (κ1) is 18.0. The first-order valence-electron chi connectivity index (χ1n) is 7.17. The summed E-state index contributed by atoms with van der Waals surface area (Å²) in [5.41, 5.74) is 0. The summed E-state index contributed by atoms with van der Waals surface area (Å²) in [6.07, 6.45) is -3.74. The lowest BCUT2D eigenvalue weighted by Crippen LogP contribution is -2.46. The molecule has 1 rings (SSSR count). The molecule has 0 aromatic heterocycles. The highest BCUT2D eigenvalue weighted by Gasteiger charge is 2.34. The topological polar surface area (TPSA) is 64.6 Å². The van der Waals surface area contributed by atoms with E-state index in [1.807, 2.05) is 13.8 Å². The number of amides is 2. The van der Waals surface area contributed by atoms with E-state index in [4.69, 9.17) is 0 Å². The van der Waals surface area contributed by atoms with Crippen LogP contribution >= 0.6 is 0 Å². The van der Waals surface area contributed by atoms with E-state index in [-0.39, 0.29) is 19.1 Å². The van der Waals surface area contributed by atoms with Gasteiger partial charge in [-0.3, -0.25) is 4.90 Å². The number of likely N-dealkylation sites (tertiary alicyclic amines) is 1. The predicted octanol–water partition coefficient (Wildman–Crippen LogP) is 1.33. The van der Waals surface area contributed by atoms with Crippen molar-refractivity contribution in [3.8, 4) is 0 Å². The van der Waals surface area contributed by atoms with Crippen molar-refractivity contribution in [2.24, 2.45) is 5.92 Å². The molecule has 2 atom stereocenters. The zero-order valence-corrected chi connectivity index (χ0v) is 12.4. The highest BCUT2D eigenvalue weighted by atomic mass is 19.4. The van der Waals surface area contributed by atoms with Crippen molar-refractivity contribution in [1.29, 1.82) is 0 Å². The standard InChI is InChI=1S/C13H24F3N3O2/c1-9(2)5-11(20)6-17-12(21)18-10-3-4-19(7-10)8-13(14,15)16/h9-11,20H,3-8H2,1-2H3,(H2,17,18,21). The molecule has 8 heteroatoms. The third kappa shape index (κ3) is 8.11. The number of carbonyl (C=O) groups is 1. The predicted molar refractivity (Wildman–Crippen MR) is 72.9 cm³/mol. The van der Waals surface area contributed by atoms with Crippen molar-refractivity contribution in [3.05, 3.63) is 0 Å². The average Bonchev–Trinajstić information content (AvgIpc) is 2.70. The lowest BCUT2D eigenvalue weighted by molar-refractivity contribution is -0.143. The number of alkyl halides is 3. The first-order valence-corrected chi connectivity index (χ1v) is 7.17. The lowest BCUT2D eigenvalue weighted by atomic mass is 10.1. The van der Waals surface area contributed by atoms with Crippen molar-refractivity contribution >= 4 is 6.03 Å². The van der Waals surface area contributed by atoms with E-state index in [1.54, 1.807) is 0 Å². The second-order valence-corrected chi connectivity index (χ2v) is 5.97. The fourth-order valence-corrected chi connectivity index (χ4v) is 2.42. The van der Waals surface area contributed by atoms with Crippen LogP contribution in [0.1, 0.15) is 26.7 Å². The molecule has 0 aromatic rings. The van der Waals surface area contributed by atoms with Gasteiger partial charge in [-0.15, -0.1) is 0 Å². The molecular weight excluding hydrogens is 287 g/mol. The van der Waals surface area contributed by atoms with Crippen molar-refractivity contribution in [1.82, 2.24) is 15.5 Å². The molecule has 1 aliphatic heterocycles. The summed E-state index contributed by atoms with van der Waals surface area (Å²) in [5.74, 6) is 0.329. The molecule has 1 fully saturated rings. The molecule has 21 heavy (non-hydrogen) atoms. The van der Waals surface area contributed by atoms with Gasteiger partial charge < -0.3 is 15.7 Å². The van der Waals surface area contributed by atoms with Crippen LogP contribution in [0.5, 0.6) is 0 Å². The van der Waals surface area contributed by atoms with Gasteiger partial charge in [-0.25, -0.2) is 4.79 Å². The van der Waals surface area contributed by atoms with Crippen molar-refractivity contribution in [3.63, 3.8) is 0 Å². The van der Waals surface area contributed by atoms with E-state index in [0.717, 1.165) is 0 Å². The van der Waals surface area contributed by atoms with Gasteiger partial charge in [0.25, 0.3) is 0 Å². The molecule has 2 unspecified atom stereocenters. The maximum Gasteiger partial charge on any atom is 0.401 e. The number of aliphatic hydroxyl groups is 1. The zero-order chi connectivity index (χ0) is 16.0. The Hall–Kier alpha value is -1.02. The molecule has 124 valence electrons. The Morgan fingerprint density at radius 2 is 2.10 bits per heavy atom. The van der Waals surface area contributed by atoms with E-state index < -0.39 is 24.9 Å². The summed E-state index contributed by atoms with van der Waals surface area (Å²) < 4.78 is 36.7. The van der Waals surface area contributed by atoms with Gasteiger partial charge in [0.1, 0.15) is 0 Å². The summed E-state index contributed by atoms with van der Waals surface area (Å²) in [6, 6.07) is -0.730. The van der Waals surface area contributed by atoms with Crippen LogP contribution in [0.25, 0.3) is 0 Å². The van der Waals surface area contributed by atoms with Crippen LogP contribution in [-0.2, 0) is 0 Å². The number of aliphatic hydroxyl groups excluding tert-OH is 1. The quantitative estimate of drug-likeness (QED) is 0.693. The Morgan fingerprint density at radius 1 is 1.43 bits per heavy atom. The number of nitrogens with zero attached hydrogens (tertiary/aromatic N) is 1. The average molecular weight is 311 g/mol. The number of rotatable bonds is 6. The van der Waals surface area contributed by atoms with Gasteiger partial charge in [0.05, 0.1) is 12.6 Å². The van der Waals surface area contributed by atoms with Crippen LogP contribution in [0.2, 0.25) is 0 Å². The largest absolute Gasteiger partial charge is 0.401 e.